The second-order valence-electron chi connectivity index (χ2n) is 11.9. The first-order valence-electron chi connectivity index (χ1n) is 13.8. The first kappa shape index (κ1) is 31.0. The Morgan fingerprint density at radius 1 is 0.927 bits per heavy atom. The summed E-state index contributed by atoms with van der Waals surface area (Å²) in [6.07, 6.45) is 2.08. The summed E-state index contributed by atoms with van der Waals surface area (Å²) in [4.78, 5) is 44.8. The van der Waals surface area contributed by atoms with Gasteiger partial charge in [-0.25, -0.2) is 4.79 Å². The zero-order chi connectivity index (χ0) is 27.4. The molecule has 10 heteroatoms. The standard InChI is InChI=1S/C31H35N3O5.2ClH/c1-30(2)19-31(29(38)39-30)20-33(15-16-34(31)18-26(35)36)23-11-13-32(14-12-23)28(37)27-24-9-5-3-7-21(24)17-22-8-4-6-10-25(22)27;;/h3-10,17,23H,11-16,18-20H2,1-2H3,(H,35,36);2*1H. The first-order valence-corrected chi connectivity index (χ1v) is 13.8. The number of piperazine rings is 1. The minimum absolute atomic E-state index is 0. The van der Waals surface area contributed by atoms with E-state index >= 15 is 0 Å². The highest BCUT2D eigenvalue weighted by atomic mass is 35.5. The number of esters is 1. The highest BCUT2D eigenvalue weighted by Crippen LogP contribution is 2.41. The van der Waals surface area contributed by atoms with E-state index in [0.717, 1.165) is 39.9 Å². The second kappa shape index (κ2) is 11.8. The molecule has 0 aliphatic carbocycles. The zero-order valence-electron chi connectivity index (χ0n) is 23.4. The first-order chi connectivity index (χ1) is 18.7. The van der Waals surface area contributed by atoms with Crippen LogP contribution < -0.4 is 0 Å². The lowest BCUT2D eigenvalue weighted by Gasteiger charge is -2.49. The number of ether oxygens (including phenoxy) is 1. The quantitative estimate of drug-likeness (QED) is 0.345. The van der Waals surface area contributed by atoms with E-state index in [4.69, 9.17) is 4.74 Å². The number of hydrogen-bond acceptors (Lipinski definition) is 6. The van der Waals surface area contributed by atoms with E-state index in [1.807, 2.05) is 55.1 Å². The van der Waals surface area contributed by atoms with Gasteiger partial charge in [0.25, 0.3) is 5.91 Å². The predicted molar refractivity (Wildman–Crippen MR) is 163 cm³/mol. The Balaban J connectivity index is 0.00000194. The van der Waals surface area contributed by atoms with E-state index in [9.17, 15) is 19.5 Å². The lowest BCUT2D eigenvalue weighted by molar-refractivity contribution is -0.159. The fraction of sp³-hybridized carbons (Fsp3) is 0.452. The number of likely N-dealkylation sites (tertiary alicyclic amines) is 1. The molecule has 3 aromatic rings. The van der Waals surface area contributed by atoms with Gasteiger partial charge in [-0.1, -0.05) is 48.5 Å². The van der Waals surface area contributed by atoms with Crippen molar-refractivity contribution in [2.24, 2.45) is 0 Å². The number of piperidine rings is 1. The van der Waals surface area contributed by atoms with Gasteiger partial charge in [0.2, 0.25) is 0 Å². The van der Waals surface area contributed by atoms with Crippen molar-refractivity contribution in [2.75, 3.05) is 39.3 Å². The molecule has 3 heterocycles. The molecule has 0 saturated carbocycles. The van der Waals surface area contributed by atoms with Crippen LogP contribution in [0.15, 0.2) is 54.6 Å². The molecule has 0 aromatic heterocycles. The number of cyclic esters (lactones) is 1. The number of nitrogens with zero attached hydrogens (tertiary/aromatic N) is 3. The summed E-state index contributed by atoms with van der Waals surface area (Å²) < 4.78 is 5.70. The summed E-state index contributed by atoms with van der Waals surface area (Å²) in [6.45, 7) is 6.52. The van der Waals surface area contributed by atoms with Crippen molar-refractivity contribution in [2.45, 2.75) is 50.3 Å². The van der Waals surface area contributed by atoms with Crippen molar-refractivity contribution >= 4 is 64.2 Å². The van der Waals surface area contributed by atoms with Crippen LogP contribution in [0.2, 0.25) is 0 Å². The molecule has 0 radical (unpaired) electrons. The molecule has 1 amide bonds. The number of halogens is 2. The van der Waals surface area contributed by atoms with Gasteiger partial charge in [-0.2, -0.15) is 0 Å². The minimum Gasteiger partial charge on any atom is -0.480 e. The number of hydrogen-bond donors (Lipinski definition) is 1. The predicted octanol–water partition coefficient (Wildman–Crippen LogP) is 4.61. The van der Waals surface area contributed by atoms with Crippen LogP contribution >= 0.6 is 24.8 Å². The largest absolute Gasteiger partial charge is 0.480 e. The van der Waals surface area contributed by atoms with Gasteiger partial charge in [0.15, 0.2) is 0 Å². The number of amides is 1. The molecule has 1 atom stereocenters. The molecule has 6 rings (SSSR count). The maximum atomic E-state index is 14.0. The molecule has 41 heavy (non-hydrogen) atoms. The Bertz CT molecular complexity index is 1420. The molecule has 1 unspecified atom stereocenters. The van der Waals surface area contributed by atoms with Gasteiger partial charge in [-0.3, -0.25) is 19.4 Å². The Morgan fingerprint density at radius 3 is 2.05 bits per heavy atom. The molecule has 1 spiro atoms. The molecule has 3 fully saturated rings. The van der Waals surface area contributed by atoms with Crippen molar-refractivity contribution in [3.8, 4) is 0 Å². The summed E-state index contributed by atoms with van der Waals surface area (Å²) in [5, 5.41) is 13.6. The molecule has 3 aliphatic heterocycles. The third kappa shape index (κ3) is 5.63. The van der Waals surface area contributed by atoms with Crippen molar-refractivity contribution in [1.29, 1.82) is 0 Å². The van der Waals surface area contributed by atoms with E-state index in [1.165, 1.54) is 0 Å². The number of benzene rings is 3. The van der Waals surface area contributed by atoms with Crippen LogP contribution in [0.25, 0.3) is 21.5 Å². The van der Waals surface area contributed by atoms with Crippen LogP contribution in [0.5, 0.6) is 0 Å². The molecule has 220 valence electrons. The van der Waals surface area contributed by atoms with Crippen molar-refractivity contribution < 1.29 is 24.2 Å². The highest BCUT2D eigenvalue weighted by Gasteiger charge is 2.59. The second-order valence-corrected chi connectivity index (χ2v) is 11.9. The number of carbonyl (C=O) groups excluding carboxylic acids is 2. The molecule has 0 bridgehead atoms. The van der Waals surface area contributed by atoms with Gasteiger partial charge < -0.3 is 14.7 Å². The monoisotopic (exact) mass is 601 g/mol. The van der Waals surface area contributed by atoms with Crippen LogP contribution in [-0.4, -0.2) is 94.1 Å². The van der Waals surface area contributed by atoms with Crippen LogP contribution in [0.4, 0.5) is 0 Å². The average Bonchev–Trinajstić information content (AvgIpc) is 3.15. The Labute approximate surface area is 252 Å². The number of rotatable bonds is 4. The van der Waals surface area contributed by atoms with Crippen LogP contribution in [0.3, 0.4) is 0 Å². The maximum Gasteiger partial charge on any atom is 0.328 e. The topological polar surface area (TPSA) is 90.4 Å². The zero-order valence-corrected chi connectivity index (χ0v) is 25.0. The fourth-order valence-electron chi connectivity index (χ4n) is 7.04. The lowest BCUT2D eigenvalue weighted by Crippen LogP contribution is -2.67. The number of aliphatic carboxylic acids is 1. The molecule has 3 aliphatic rings. The summed E-state index contributed by atoms with van der Waals surface area (Å²) in [5.74, 6) is -1.20. The molecule has 1 N–H and O–H groups in total. The Morgan fingerprint density at radius 2 is 1.51 bits per heavy atom. The number of carbonyl (C=O) groups is 3. The summed E-state index contributed by atoms with van der Waals surface area (Å²) >= 11 is 0. The molecule has 3 aromatic carbocycles. The van der Waals surface area contributed by atoms with E-state index in [0.29, 0.717) is 39.1 Å². The third-order valence-electron chi connectivity index (χ3n) is 8.77. The average molecular weight is 603 g/mol. The van der Waals surface area contributed by atoms with Gasteiger partial charge in [-0.15, -0.1) is 24.8 Å². The van der Waals surface area contributed by atoms with Gasteiger partial charge in [0, 0.05) is 45.2 Å². The van der Waals surface area contributed by atoms with E-state index in [2.05, 4.69) is 23.1 Å². The summed E-state index contributed by atoms with van der Waals surface area (Å²) in [5.41, 5.74) is -0.817. The fourth-order valence-corrected chi connectivity index (χ4v) is 7.04. The van der Waals surface area contributed by atoms with Crippen molar-refractivity contribution in [3.63, 3.8) is 0 Å². The highest BCUT2D eigenvalue weighted by molar-refractivity contribution is 6.18. The summed E-state index contributed by atoms with van der Waals surface area (Å²) in [7, 11) is 0. The van der Waals surface area contributed by atoms with Gasteiger partial charge in [-0.05, 0) is 54.3 Å². The van der Waals surface area contributed by atoms with Crippen LogP contribution in [-0.2, 0) is 14.3 Å². The molecule has 8 nitrogen and oxygen atoms in total. The van der Waals surface area contributed by atoms with Crippen molar-refractivity contribution in [1.82, 2.24) is 14.7 Å². The third-order valence-corrected chi connectivity index (χ3v) is 8.77. The van der Waals surface area contributed by atoms with Gasteiger partial charge in [0.1, 0.15) is 11.1 Å². The Kier molecular flexibility index (Phi) is 8.90. The van der Waals surface area contributed by atoms with Gasteiger partial charge in [0.05, 0.1) is 12.1 Å². The smallest absolute Gasteiger partial charge is 0.328 e. The SMILES string of the molecule is CC1(C)CC2(CN(C3CCN(C(=O)c4c5ccccc5cc5ccccc45)CC3)CCN2CC(=O)O)C(=O)O1.Cl.Cl. The lowest BCUT2D eigenvalue weighted by atomic mass is 9.84. The summed E-state index contributed by atoms with van der Waals surface area (Å²) in [6, 6.07) is 18.5. The molecular weight excluding hydrogens is 565 g/mol. The van der Waals surface area contributed by atoms with Crippen LogP contribution in [0.1, 0.15) is 43.5 Å². The number of fused-ring (bicyclic) bond motifs is 2. The number of carboxylic acid groups (broad SMARTS) is 1. The van der Waals surface area contributed by atoms with Gasteiger partial charge >= 0.3 is 11.9 Å². The van der Waals surface area contributed by atoms with E-state index < -0.39 is 17.1 Å². The van der Waals surface area contributed by atoms with E-state index in [1.54, 1.807) is 4.90 Å². The maximum absolute atomic E-state index is 14.0. The Hall–Kier alpha value is -2.91. The molecule has 3 saturated heterocycles. The normalized spacial score (nSPS) is 23.3. The minimum atomic E-state index is -0.949. The molecular formula is C31H37Cl2N3O5. The van der Waals surface area contributed by atoms with E-state index in [-0.39, 0.29) is 49.3 Å². The van der Waals surface area contributed by atoms with Crippen molar-refractivity contribution in [3.05, 3.63) is 60.2 Å². The van der Waals surface area contributed by atoms with Crippen LogP contribution in [0, 0.1) is 0 Å². The number of carboxylic acids is 1.